The number of nitrogens with one attached hydrogen (secondary N) is 4. The van der Waals surface area contributed by atoms with E-state index in [1.807, 2.05) is 19.9 Å². The van der Waals surface area contributed by atoms with Crippen LogP contribution in [0, 0.1) is 0 Å². The Labute approximate surface area is 245 Å². The number of carbonyl (C=O) groups is 4. The van der Waals surface area contributed by atoms with E-state index in [0.717, 1.165) is 5.52 Å². The fraction of sp³-hybridized carbons (Fsp3) is 0.586. The van der Waals surface area contributed by atoms with Gasteiger partial charge in [0.15, 0.2) is 0 Å². The van der Waals surface area contributed by atoms with Gasteiger partial charge in [0.25, 0.3) is 5.91 Å². The quantitative estimate of drug-likeness (QED) is 0.132. The molecule has 1 aromatic carbocycles. The number of carboxylic acid groups (broad SMARTS) is 2. The molecule has 1 saturated heterocycles. The van der Waals surface area contributed by atoms with Crippen molar-refractivity contribution in [2.24, 2.45) is 0 Å². The number of aliphatic hydroxyl groups excluding tert-OH is 1. The minimum absolute atomic E-state index is 0.103. The minimum Gasteiger partial charge on any atom is -0.490 e. The largest absolute Gasteiger partial charge is 0.490 e. The third-order valence-corrected chi connectivity index (χ3v) is 7.21. The molecule has 2 amide bonds. The van der Waals surface area contributed by atoms with Crippen LogP contribution in [-0.2, 0) is 14.4 Å². The molecular weight excluding hydrogens is 546 g/mol. The van der Waals surface area contributed by atoms with Gasteiger partial charge in [-0.25, -0.2) is 4.79 Å². The van der Waals surface area contributed by atoms with Gasteiger partial charge in [0.05, 0.1) is 6.04 Å². The fourth-order valence-electron chi connectivity index (χ4n) is 4.95. The summed E-state index contributed by atoms with van der Waals surface area (Å²) < 4.78 is 5.80. The Balaban J connectivity index is 1.45. The summed E-state index contributed by atoms with van der Waals surface area (Å²) in [6, 6.07) is 4.62. The lowest BCUT2D eigenvalue weighted by Gasteiger charge is -2.27. The SMILES string of the molecule is CC(C)NCC(O)COc1cccc2[nH]c(C(=O)NCCCCC(N[C@H](C)C(=O)N3CCC[C@H]3C(=O)O)C(=O)O)cc12. The smallest absolute Gasteiger partial charge is 0.326 e. The van der Waals surface area contributed by atoms with Gasteiger partial charge in [0.2, 0.25) is 5.91 Å². The molecule has 42 heavy (non-hydrogen) atoms. The van der Waals surface area contributed by atoms with E-state index in [0.29, 0.717) is 62.1 Å². The van der Waals surface area contributed by atoms with Crippen LogP contribution in [-0.4, -0.2) is 105 Å². The molecule has 0 bridgehead atoms. The number of likely N-dealkylation sites (tertiary alicyclic amines) is 1. The number of hydrogen-bond donors (Lipinski definition) is 7. The van der Waals surface area contributed by atoms with Gasteiger partial charge < -0.3 is 40.6 Å². The molecule has 2 unspecified atom stereocenters. The monoisotopic (exact) mass is 589 g/mol. The van der Waals surface area contributed by atoms with Crippen molar-refractivity contribution < 1.29 is 39.2 Å². The lowest BCUT2D eigenvalue weighted by Crippen LogP contribution is -2.53. The summed E-state index contributed by atoms with van der Waals surface area (Å²) in [6.07, 6.45) is 1.53. The predicted octanol–water partition coefficient (Wildman–Crippen LogP) is 1.31. The van der Waals surface area contributed by atoms with Crippen molar-refractivity contribution in [2.45, 2.75) is 83.1 Å². The number of aliphatic hydroxyl groups is 1. The van der Waals surface area contributed by atoms with Crippen molar-refractivity contribution in [3.63, 3.8) is 0 Å². The first-order chi connectivity index (χ1) is 20.0. The maximum Gasteiger partial charge on any atom is 0.326 e. The van der Waals surface area contributed by atoms with Crippen LogP contribution < -0.4 is 20.7 Å². The van der Waals surface area contributed by atoms with Crippen LogP contribution in [0.5, 0.6) is 5.75 Å². The molecule has 13 heteroatoms. The van der Waals surface area contributed by atoms with E-state index in [2.05, 4.69) is 20.9 Å². The third-order valence-electron chi connectivity index (χ3n) is 7.21. The number of aromatic nitrogens is 1. The van der Waals surface area contributed by atoms with Gasteiger partial charge >= 0.3 is 11.9 Å². The van der Waals surface area contributed by atoms with Crippen molar-refractivity contribution >= 4 is 34.7 Å². The maximum absolute atomic E-state index is 12.7. The first-order valence-corrected chi connectivity index (χ1v) is 14.4. The van der Waals surface area contributed by atoms with E-state index >= 15 is 0 Å². The summed E-state index contributed by atoms with van der Waals surface area (Å²) in [6.45, 7) is 6.69. The van der Waals surface area contributed by atoms with Gasteiger partial charge in [-0.1, -0.05) is 19.9 Å². The number of hydrogen-bond acceptors (Lipinski definition) is 8. The molecule has 0 aliphatic carbocycles. The number of rotatable bonds is 17. The molecule has 2 heterocycles. The Morgan fingerprint density at radius 3 is 2.60 bits per heavy atom. The summed E-state index contributed by atoms with van der Waals surface area (Å²) >= 11 is 0. The van der Waals surface area contributed by atoms with Crippen molar-refractivity contribution in [3.05, 3.63) is 30.0 Å². The molecule has 1 aliphatic rings. The number of amides is 2. The number of nitrogens with zero attached hydrogens (tertiary/aromatic N) is 1. The summed E-state index contributed by atoms with van der Waals surface area (Å²) in [5.74, 6) is -2.35. The average Bonchev–Trinajstić information content (AvgIpc) is 3.61. The summed E-state index contributed by atoms with van der Waals surface area (Å²) in [5, 5.41) is 38.6. The van der Waals surface area contributed by atoms with E-state index < -0.39 is 42.1 Å². The third kappa shape index (κ3) is 9.16. The van der Waals surface area contributed by atoms with E-state index in [1.54, 1.807) is 25.1 Å². The highest BCUT2D eigenvalue weighted by atomic mass is 16.5. The highest BCUT2D eigenvalue weighted by Gasteiger charge is 2.36. The fourth-order valence-corrected chi connectivity index (χ4v) is 4.95. The lowest BCUT2D eigenvalue weighted by molar-refractivity contribution is -0.149. The second kappa shape index (κ2) is 15.5. The van der Waals surface area contributed by atoms with Crippen LogP contribution in [0.3, 0.4) is 0 Å². The van der Waals surface area contributed by atoms with Crippen LogP contribution in [0.25, 0.3) is 10.9 Å². The molecule has 2 aromatic rings. The minimum atomic E-state index is -1.10. The van der Waals surface area contributed by atoms with Gasteiger partial charge in [0.1, 0.15) is 36.2 Å². The van der Waals surface area contributed by atoms with E-state index in [9.17, 15) is 34.5 Å². The Hall–Kier alpha value is -3.68. The zero-order valence-electron chi connectivity index (χ0n) is 24.4. The highest BCUT2D eigenvalue weighted by molar-refractivity contribution is 5.99. The zero-order valence-corrected chi connectivity index (χ0v) is 24.4. The number of ether oxygens (including phenoxy) is 1. The number of carboxylic acids is 2. The highest BCUT2D eigenvalue weighted by Crippen LogP contribution is 2.26. The molecule has 1 aliphatic heterocycles. The molecule has 4 atom stereocenters. The molecule has 1 aromatic heterocycles. The molecular formula is C29H43N5O8. The number of benzene rings is 1. The van der Waals surface area contributed by atoms with Crippen LogP contribution in [0.2, 0.25) is 0 Å². The summed E-state index contributed by atoms with van der Waals surface area (Å²) in [4.78, 5) is 53.0. The van der Waals surface area contributed by atoms with Gasteiger partial charge in [0, 0.05) is 36.6 Å². The van der Waals surface area contributed by atoms with Gasteiger partial charge in [-0.15, -0.1) is 0 Å². The molecule has 3 rings (SSSR count). The van der Waals surface area contributed by atoms with Crippen molar-refractivity contribution in [1.82, 2.24) is 25.8 Å². The molecule has 1 fully saturated rings. The predicted molar refractivity (Wildman–Crippen MR) is 156 cm³/mol. The van der Waals surface area contributed by atoms with E-state index in [4.69, 9.17) is 4.74 Å². The van der Waals surface area contributed by atoms with Crippen molar-refractivity contribution in [3.8, 4) is 5.75 Å². The Morgan fingerprint density at radius 1 is 1.14 bits per heavy atom. The lowest BCUT2D eigenvalue weighted by atomic mass is 10.1. The standard InChI is InChI=1S/C29H43N5O8/c1-17(2)31-15-19(35)16-42-25-11-6-9-21-20(25)14-23(33-21)26(36)30-12-5-4-8-22(28(38)39)32-18(3)27(37)34-13-7-10-24(34)29(40)41/h6,9,11,14,17-19,22,24,31-33,35H,4-5,7-8,10,12-13,15-16H2,1-3H3,(H,30,36)(H,38,39)(H,40,41)/t18-,19?,22?,24+/m1/s1. The molecule has 0 spiro atoms. The Morgan fingerprint density at radius 2 is 1.90 bits per heavy atom. The first-order valence-electron chi connectivity index (χ1n) is 14.4. The van der Waals surface area contributed by atoms with E-state index in [1.165, 1.54) is 4.90 Å². The van der Waals surface area contributed by atoms with Crippen molar-refractivity contribution in [2.75, 3.05) is 26.2 Å². The van der Waals surface area contributed by atoms with Crippen LogP contribution in [0.15, 0.2) is 24.3 Å². The normalized spacial score (nSPS) is 17.3. The van der Waals surface area contributed by atoms with Gasteiger partial charge in [-0.2, -0.15) is 0 Å². The topological polar surface area (TPSA) is 193 Å². The van der Waals surface area contributed by atoms with Crippen LogP contribution >= 0.6 is 0 Å². The Kier molecular flexibility index (Phi) is 12.1. The Bertz CT molecular complexity index is 1230. The second-order valence-corrected chi connectivity index (χ2v) is 11.0. The molecule has 0 radical (unpaired) electrons. The number of H-pyrrole nitrogens is 1. The molecule has 13 nitrogen and oxygen atoms in total. The number of unbranched alkanes of at least 4 members (excludes halogenated alkanes) is 1. The summed E-state index contributed by atoms with van der Waals surface area (Å²) in [5.41, 5.74) is 1.07. The number of aromatic amines is 1. The van der Waals surface area contributed by atoms with E-state index in [-0.39, 0.29) is 25.0 Å². The average molecular weight is 590 g/mol. The number of aliphatic carboxylic acids is 2. The molecule has 0 saturated carbocycles. The molecule has 232 valence electrons. The van der Waals surface area contributed by atoms with Crippen molar-refractivity contribution in [1.29, 1.82) is 0 Å². The zero-order chi connectivity index (χ0) is 30.8. The van der Waals surface area contributed by atoms with Crippen LogP contribution in [0.4, 0.5) is 0 Å². The number of fused-ring (bicyclic) bond motifs is 1. The second-order valence-electron chi connectivity index (χ2n) is 11.0. The molecule has 7 N–H and O–H groups in total. The van der Waals surface area contributed by atoms with Gasteiger partial charge in [-0.3, -0.25) is 19.7 Å². The number of carbonyl (C=O) groups excluding carboxylic acids is 2. The first kappa shape index (κ1) is 32.8. The van der Waals surface area contributed by atoms with Gasteiger partial charge in [-0.05, 0) is 57.2 Å². The summed E-state index contributed by atoms with van der Waals surface area (Å²) in [7, 11) is 0. The van der Waals surface area contributed by atoms with Crippen LogP contribution in [0.1, 0.15) is 63.4 Å². The maximum atomic E-state index is 12.7.